The first-order chi connectivity index (χ1) is 22.3. The quantitative estimate of drug-likeness (QED) is 0.201. The number of halogens is 1. The van der Waals surface area contributed by atoms with Gasteiger partial charge in [0.1, 0.15) is 24.2 Å². The van der Waals surface area contributed by atoms with Gasteiger partial charge in [-0.25, -0.2) is 12.8 Å². The molecule has 1 aliphatic rings. The van der Waals surface area contributed by atoms with Crippen LogP contribution >= 0.6 is 0 Å². The first-order valence-electron chi connectivity index (χ1n) is 15.4. The van der Waals surface area contributed by atoms with Crippen LogP contribution < -0.4 is 14.4 Å². The number of rotatable bonds is 13. The average Bonchev–Trinajstić information content (AvgIpc) is 3.59. The lowest BCUT2D eigenvalue weighted by atomic mass is 10.0. The van der Waals surface area contributed by atoms with E-state index in [1.807, 2.05) is 30.3 Å². The predicted octanol–water partition coefficient (Wildman–Crippen LogP) is 5.73. The monoisotopic (exact) mass is 643 g/mol. The number of nitrogens with zero attached hydrogens (tertiary/aromatic N) is 2. The zero-order valence-electron chi connectivity index (χ0n) is 25.7. The van der Waals surface area contributed by atoms with E-state index in [-0.39, 0.29) is 46.8 Å². The molecule has 5 rings (SSSR count). The summed E-state index contributed by atoms with van der Waals surface area (Å²) in [5.74, 6) is -1.32. The minimum Gasteiger partial charge on any atom is -0.495 e. The summed E-state index contributed by atoms with van der Waals surface area (Å²) in [7, 11) is -2.87. The van der Waals surface area contributed by atoms with Gasteiger partial charge in [-0.3, -0.25) is 13.9 Å². The van der Waals surface area contributed by atoms with Gasteiger partial charge in [-0.05, 0) is 48.7 Å². The summed E-state index contributed by atoms with van der Waals surface area (Å²) < 4.78 is 49.9. The van der Waals surface area contributed by atoms with Crippen LogP contribution in [0.25, 0.3) is 0 Å². The van der Waals surface area contributed by atoms with Crippen LogP contribution in [0.4, 0.5) is 10.1 Å². The Kier molecular flexibility index (Phi) is 10.7. The van der Waals surface area contributed by atoms with E-state index >= 15 is 4.39 Å². The number of carbonyl (C=O) groups is 2. The molecule has 4 aromatic carbocycles. The number of benzene rings is 4. The highest BCUT2D eigenvalue weighted by Gasteiger charge is 2.36. The van der Waals surface area contributed by atoms with Gasteiger partial charge < -0.3 is 15.0 Å². The lowest BCUT2D eigenvalue weighted by molar-refractivity contribution is -0.140. The summed E-state index contributed by atoms with van der Waals surface area (Å²) in [5.41, 5.74) is 1.17. The fraction of sp³-hybridized carbons (Fsp3) is 0.278. The maximum absolute atomic E-state index is 15.1. The summed E-state index contributed by atoms with van der Waals surface area (Å²) in [5, 5.41) is 3.12. The molecular formula is C36H38FN3O5S. The third kappa shape index (κ3) is 7.74. The number of carbonyl (C=O) groups excluding carboxylic acids is 2. The standard InChI is InChI=1S/C36H38FN3O5S/c1-45-34-23-13-12-22-32(34)40(46(43,44)30-19-6-3-7-20-30)26-35(41)39(25-28-16-8-11-21-31(28)37)33(24-27-14-4-2-5-15-27)36(42)38-29-17-9-10-18-29/h2-8,11-16,19-23,29,33H,9-10,17-18,24-26H2,1H3,(H,38,42). The number of anilines is 1. The SMILES string of the molecule is COc1ccccc1N(CC(=O)N(Cc1ccccc1F)C(Cc1ccccc1)C(=O)NC1CCCC1)S(=O)(=O)c1ccccc1. The van der Waals surface area contributed by atoms with Gasteiger partial charge >= 0.3 is 0 Å². The van der Waals surface area contributed by atoms with E-state index in [2.05, 4.69) is 5.32 Å². The number of ether oxygens (including phenoxy) is 1. The molecule has 10 heteroatoms. The number of sulfonamides is 1. The van der Waals surface area contributed by atoms with E-state index in [0.717, 1.165) is 35.6 Å². The van der Waals surface area contributed by atoms with Crippen molar-refractivity contribution in [2.24, 2.45) is 0 Å². The predicted molar refractivity (Wildman–Crippen MR) is 175 cm³/mol. The van der Waals surface area contributed by atoms with Crippen LogP contribution in [-0.2, 0) is 32.6 Å². The second-order valence-electron chi connectivity index (χ2n) is 11.3. The van der Waals surface area contributed by atoms with Gasteiger partial charge in [-0.2, -0.15) is 0 Å². The van der Waals surface area contributed by atoms with Crippen molar-refractivity contribution in [2.75, 3.05) is 18.0 Å². The molecule has 2 amide bonds. The van der Waals surface area contributed by atoms with Crippen LogP contribution in [0.5, 0.6) is 5.75 Å². The molecule has 46 heavy (non-hydrogen) atoms. The second kappa shape index (κ2) is 15.1. The third-order valence-electron chi connectivity index (χ3n) is 8.24. The smallest absolute Gasteiger partial charge is 0.264 e. The van der Waals surface area contributed by atoms with Crippen molar-refractivity contribution in [3.63, 3.8) is 0 Å². The van der Waals surface area contributed by atoms with Crippen molar-refractivity contribution < 1.29 is 27.1 Å². The minimum atomic E-state index is -4.29. The zero-order valence-corrected chi connectivity index (χ0v) is 26.5. The molecule has 1 aliphatic carbocycles. The maximum Gasteiger partial charge on any atom is 0.264 e. The summed E-state index contributed by atoms with van der Waals surface area (Å²) >= 11 is 0. The van der Waals surface area contributed by atoms with E-state index in [0.29, 0.717) is 0 Å². The van der Waals surface area contributed by atoms with Crippen molar-refractivity contribution >= 4 is 27.5 Å². The van der Waals surface area contributed by atoms with E-state index in [1.165, 1.54) is 30.2 Å². The van der Waals surface area contributed by atoms with Crippen LogP contribution in [0, 0.1) is 5.82 Å². The van der Waals surface area contributed by atoms with Gasteiger partial charge in [0.2, 0.25) is 11.8 Å². The molecule has 0 radical (unpaired) electrons. The molecular weight excluding hydrogens is 605 g/mol. The fourth-order valence-corrected chi connectivity index (χ4v) is 7.25. The van der Waals surface area contributed by atoms with Gasteiger partial charge in [0.05, 0.1) is 17.7 Å². The van der Waals surface area contributed by atoms with Gasteiger partial charge in [0.15, 0.2) is 0 Å². The Morgan fingerprint density at radius 2 is 1.48 bits per heavy atom. The average molecular weight is 644 g/mol. The lowest BCUT2D eigenvalue weighted by Crippen LogP contribution is -2.54. The van der Waals surface area contributed by atoms with Gasteiger partial charge in [-0.15, -0.1) is 0 Å². The third-order valence-corrected chi connectivity index (χ3v) is 10.0. The van der Waals surface area contributed by atoms with E-state index in [1.54, 1.807) is 60.7 Å². The summed E-state index contributed by atoms with van der Waals surface area (Å²) in [6.45, 7) is -0.902. The van der Waals surface area contributed by atoms with Crippen LogP contribution in [0.15, 0.2) is 114 Å². The summed E-state index contributed by atoms with van der Waals surface area (Å²) in [6.07, 6.45) is 3.82. The highest BCUT2D eigenvalue weighted by molar-refractivity contribution is 7.92. The largest absolute Gasteiger partial charge is 0.495 e. The Hall–Kier alpha value is -4.70. The minimum absolute atomic E-state index is 0.0193. The molecule has 240 valence electrons. The number of hydrogen-bond donors (Lipinski definition) is 1. The molecule has 0 spiro atoms. The Balaban J connectivity index is 1.59. The Labute approximate surface area is 269 Å². The first kappa shape index (κ1) is 32.7. The second-order valence-corrected chi connectivity index (χ2v) is 13.2. The first-order valence-corrected chi connectivity index (χ1v) is 16.8. The van der Waals surface area contributed by atoms with Crippen LogP contribution in [0.3, 0.4) is 0 Å². The summed E-state index contributed by atoms with van der Waals surface area (Å²) in [4.78, 5) is 29.9. The zero-order chi connectivity index (χ0) is 32.5. The van der Waals surface area contributed by atoms with E-state index in [4.69, 9.17) is 4.74 Å². The number of methoxy groups -OCH3 is 1. The van der Waals surface area contributed by atoms with E-state index in [9.17, 15) is 18.0 Å². The summed E-state index contributed by atoms with van der Waals surface area (Å²) in [6, 6.07) is 28.6. The van der Waals surface area contributed by atoms with Crippen molar-refractivity contribution in [1.29, 1.82) is 0 Å². The Bertz CT molecular complexity index is 1730. The molecule has 1 N–H and O–H groups in total. The molecule has 1 fully saturated rings. The topological polar surface area (TPSA) is 96.0 Å². The highest BCUT2D eigenvalue weighted by atomic mass is 32.2. The molecule has 8 nitrogen and oxygen atoms in total. The van der Waals surface area contributed by atoms with Gasteiger partial charge in [0.25, 0.3) is 10.0 Å². The van der Waals surface area contributed by atoms with Crippen LogP contribution in [0.2, 0.25) is 0 Å². The normalized spacial score (nSPS) is 14.0. The Morgan fingerprint density at radius 1 is 0.870 bits per heavy atom. The molecule has 0 bridgehead atoms. The molecule has 1 atom stereocenters. The van der Waals surface area contributed by atoms with Crippen molar-refractivity contribution in [3.8, 4) is 5.75 Å². The molecule has 0 heterocycles. The molecule has 0 saturated heterocycles. The number of amides is 2. The molecule has 1 saturated carbocycles. The highest BCUT2D eigenvalue weighted by Crippen LogP contribution is 2.33. The molecule has 0 aliphatic heterocycles. The van der Waals surface area contributed by atoms with Gasteiger partial charge in [-0.1, -0.05) is 91.7 Å². The van der Waals surface area contributed by atoms with Crippen LogP contribution in [-0.4, -0.2) is 50.9 Å². The maximum atomic E-state index is 15.1. The van der Waals surface area contributed by atoms with Crippen molar-refractivity contribution in [1.82, 2.24) is 10.2 Å². The van der Waals surface area contributed by atoms with Crippen LogP contribution in [0.1, 0.15) is 36.8 Å². The van der Waals surface area contributed by atoms with E-state index < -0.39 is 34.3 Å². The van der Waals surface area contributed by atoms with Gasteiger partial charge in [0, 0.05) is 24.6 Å². The molecule has 1 unspecified atom stereocenters. The molecule has 0 aromatic heterocycles. The van der Waals surface area contributed by atoms with Crippen molar-refractivity contribution in [2.45, 2.75) is 55.6 Å². The van der Waals surface area contributed by atoms with Crippen molar-refractivity contribution in [3.05, 3.63) is 126 Å². The Morgan fingerprint density at radius 3 is 2.15 bits per heavy atom. The number of nitrogens with one attached hydrogen (secondary N) is 1. The number of hydrogen-bond acceptors (Lipinski definition) is 5. The number of para-hydroxylation sites is 2. The fourth-order valence-electron chi connectivity index (χ4n) is 5.80. The lowest BCUT2D eigenvalue weighted by Gasteiger charge is -2.34. The molecule has 4 aromatic rings.